The number of carbonyl (C=O) groups is 1. The minimum absolute atomic E-state index is 0.0210. The zero-order valence-corrected chi connectivity index (χ0v) is 19.3. The van der Waals surface area contributed by atoms with Crippen LogP contribution in [0.5, 0.6) is 0 Å². The molecule has 2 aromatic heterocycles. The lowest BCUT2D eigenvalue weighted by atomic mass is 9.98. The van der Waals surface area contributed by atoms with Gasteiger partial charge in [-0.25, -0.2) is 9.97 Å². The number of fused-ring (bicyclic) bond motifs is 1. The van der Waals surface area contributed by atoms with Crippen molar-refractivity contribution in [1.29, 1.82) is 0 Å². The summed E-state index contributed by atoms with van der Waals surface area (Å²) >= 11 is 0. The van der Waals surface area contributed by atoms with E-state index < -0.39 is 0 Å². The van der Waals surface area contributed by atoms with Crippen LogP contribution in [0.1, 0.15) is 64.7 Å². The van der Waals surface area contributed by atoms with Gasteiger partial charge in [0.05, 0.1) is 11.6 Å². The number of aromatic nitrogens is 3. The molecule has 1 unspecified atom stereocenters. The third-order valence-corrected chi connectivity index (χ3v) is 6.85. The molecule has 170 valence electrons. The molecule has 2 aliphatic rings. The lowest BCUT2D eigenvalue weighted by Crippen LogP contribution is -2.40. The topological polar surface area (TPSA) is 62.2 Å². The number of anilines is 1. The van der Waals surface area contributed by atoms with E-state index in [9.17, 15) is 4.79 Å². The average Bonchev–Trinajstić information content (AvgIpc) is 2.88. The van der Waals surface area contributed by atoms with Crippen molar-refractivity contribution in [2.24, 2.45) is 0 Å². The van der Waals surface area contributed by atoms with Gasteiger partial charge < -0.3 is 9.80 Å². The molecule has 0 bridgehead atoms. The Morgan fingerprint density at radius 3 is 2.73 bits per heavy atom. The van der Waals surface area contributed by atoms with Crippen molar-refractivity contribution < 1.29 is 4.79 Å². The van der Waals surface area contributed by atoms with E-state index in [1.807, 2.05) is 17.0 Å². The standard InChI is InChI=1S/C27H31N5O/c1-20-23-12-8-16-31(18-14-21-9-3-2-4-10-21)26(23)30-25(29-20)24-13-5-6-17-32(24)27(33)22-11-7-15-28-19-22/h2-4,7,9-11,15,19,24H,5-6,8,12-14,16-18H2,1H3. The molecule has 1 amide bonds. The lowest BCUT2D eigenvalue weighted by molar-refractivity contribution is 0.0599. The van der Waals surface area contributed by atoms with Gasteiger partial charge >= 0.3 is 0 Å². The van der Waals surface area contributed by atoms with Crippen LogP contribution in [0.4, 0.5) is 5.82 Å². The van der Waals surface area contributed by atoms with Crippen molar-refractivity contribution in [1.82, 2.24) is 19.9 Å². The largest absolute Gasteiger partial charge is 0.356 e. The van der Waals surface area contributed by atoms with Crippen LogP contribution in [0.15, 0.2) is 54.9 Å². The summed E-state index contributed by atoms with van der Waals surface area (Å²) in [4.78, 5) is 31.9. The Bertz CT molecular complexity index is 1100. The smallest absolute Gasteiger partial charge is 0.256 e. The highest BCUT2D eigenvalue weighted by Crippen LogP contribution is 2.34. The predicted molar refractivity (Wildman–Crippen MR) is 129 cm³/mol. The number of nitrogens with zero attached hydrogens (tertiary/aromatic N) is 5. The third kappa shape index (κ3) is 4.61. The van der Waals surface area contributed by atoms with Gasteiger partial charge in [-0.1, -0.05) is 30.3 Å². The third-order valence-electron chi connectivity index (χ3n) is 6.85. The molecule has 1 saturated heterocycles. The summed E-state index contributed by atoms with van der Waals surface area (Å²) < 4.78 is 0. The molecule has 6 heteroatoms. The van der Waals surface area contributed by atoms with Crippen molar-refractivity contribution in [3.63, 3.8) is 0 Å². The minimum atomic E-state index is -0.0895. The van der Waals surface area contributed by atoms with Gasteiger partial charge in [-0.05, 0) is 63.1 Å². The average molecular weight is 442 g/mol. The normalized spacial score (nSPS) is 18.2. The highest BCUT2D eigenvalue weighted by atomic mass is 16.2. The number of benzene rings is 1. The van der Waals surface area contributed by atoms with Crippen molar-refractivity contribution in [3.05, 3.63) is 83.1 Å². The molecule has 33 heavy (non-hydrogen) atoms. The van der Waals surface area contributed by atoms with Crippen LogP contribution in [0.25, 0.3) is 0 Å². The van der Waals surface area contributed by atoms with E-state index >= 15 is 0 Å². The van der Waals surface area contributed by atoms with Crippen LogP contribution >= 0.6 is 0 Å². The Labute approximate surface area is 195 Å². The molecular weight excluding hydrogens is 410 g/mol. The van der Waals surface area contributed by atoms with Crippen LogP contribution in [-0.4, -0.2) is 45.4 Å². The molecule has 0 aliphatic carbocycles. The second-order valence-electron chi connectivity index (χ2n) is 9.05. The number of hydrogen-bond donors (Lipinski definition) is 0. The maximum Gasteiger partial charge on any atom is 0.256 e. The lowest BCUT2D eigenvalue weighted by Gasteiger charge is -2.36. The molecule has 0 saturated carbocycles. The van der Waals surface area contributed by atoms with Crippen molar-refractivity contribution in [2.45, 2.75) is 51.5 Å². The summed E-state index contributed by atoms with van der Waals surface area (Å²) in [5, 5.41) is 0. The first kappa shape index (κ1) is 21.6. The molecule has 5 rings (SSSR count). The maximum absolute atomic E-state index is 13.3. The van der Waals surface area contributed by atoms with Crippen LogP contribution in [0.3, 0.4) is 0 Å². The Morgan fingerprint density at radius 1 is 1.03 bits per heavy atom. The van der Waals surface area contributed by atoms with Crippen LogP contribution in [0.2, 0.25) is 0 Å². The predicted octanol–water partition coefficient (Wildman–Crippen LogP) is 4.54. The molecule has 2 aliphatic heterocycles. The number of piperidine rings is 1. The summed E-state index contributed by atoms with van der Waals surface area (Å²) in [7, 11) is 0. The first-order chi connectivity index (χ1) is 16.2. The SMILES string of the molecule is Cc1nc(C2CCCCN2C(=O)c2cccnc2)nc2c1CCCN2CCc1ccccc1. The summed E-state index contributed by atoms with van der Waals surface area (Å²) in [5.41, 5.74) is 4.29. The first-order valence-corrected chi connectivity index (χ1v) is 12.1. The fourth-order valence-electron chi connectivity index (χ4n) is 5.08. The molecule has 1 aromatic carbocycles. The van der Waals surface area contributed by atoms with Gasteiger partial charge in [-0.3, -0.25) is 9.78 Å². The van der Waals surface area contributed by atoms with Crippen LogP contribution in [-0.2, 0) is 12.8 Å². The molecule has 0 N–H and O–H groups in total. The molecule has 0 radical (unpaired) electrons. The van der Waals surface area contributed by atoms with Gasteiger partial charge in [0, 0.05) is 43.3 Å². The quantitative estimate of drug-likeness (QED) is 0.582. The van der Waals surface area contributed by atoms with E-state index in [0.717, 1.165) is 75.5 Å². The molecule has 6 nitrogen and oxygen atoms in total. The molecule has 1 fully saturated rings. The number of rotatable bonds is 5. The Hall–Kier alpha value is -3.28. The molecule has 3 aromatic rings. The summed E-state index contributed by atoms with van der Waals surface area (Å²) in [5.74, 6) is 1.88. The van der Waals surface area contributed by atoms with Gasteiger partial charge in [0.1, 0.15) is 5.82 Å². The van der Waals surface area contributed by atoms with E-state index in [2.05, 4.69) is 47.1 Å². The van der Waals surface area contributed by atoms with Gasteiger partial charge in [-0.15, -0.1) is 0 Å². The first-order valence-electron chi connectivity index (χ1n) is 12.1. The minimum Gasteiger partial charge on any atom is -0.356 e. The second-order valence-corrected chi connectivity index (χ2v) is 9.05. The van der Waals surface area contributed by atoms with Crippen molar-refractivity contribution in [2.75, 3.05) is 24.5 Å². The van der Waals surface area contributed by atoms with Crippen LogP contribution < -0.4 is 4.90 Å². The maximum atomic E-state index is 13.3. The number of pyridine rings is 1. The molecular formula is C27H31N5O. The van der Waals surface area contributed by atoms with E-state index in [1.165, 1.54) is 11.1 Å². The van der Waals surface area contributed by atoms with Gasteiger partial charge in [0.2, 0.25) is 0 Å². The number of hydrogen-bond acceptors (Lipinski definition) is 5. The van der Waals surface area contributed by atoms with E-state index in [0.29, 0.717) is 5.56 Å². The zero-order valence-electron chi connectivity index (χ0n) is 19.3. The number of amides is 1. The summed E-state index contributed by atoms with van der Waals surface area (Å²) in [6, 6.07) is 14.2. The fraction of sp³-hybridized carbons (Fsp3) is 0.407. The summed E-state index contributed by atoms with van der Waals surface area (Å²) in [6.45, 7) is 4.78. The molecule has 0 spiro atoms. The van der Waals surface area contributed by atoms with Crippen molar-refractivity contribution in [3.8, 4) is 0 Å². The van der Waals surface area contributed by atoms with E-state index in [4.69, 9.17) is 9.97 Å². The van der Waals surface area contributed by atoms with Gasteiger partial charge in [0.15, 0.2) is 5.82 Å². The number of aryl methyl sites for hydroxylation is 1. The van der Waals surface area contributed by atoms with Gasteiger partial charge in [-0.2, -0.15) is 0 Å². The zero-order chi connectivity index (χ0) is 22.6. The Kier molecular flexibility index (Phi) is 6.33. The Balaban J connectivity index is 1.43. The second kappa shape index (κ2) is 9.69. The highest BCUT2D eigenvalue weighted by Gasteiger charge is 2.32. The molecule has 4 heterocycles. The number of carbonyl (C=O) groups excluding carboxylic acids is 1. The van der Waals surface area contributed by atoms with E-state index in [-0.39, 0.29) is 11.9 Å². The fourth-order valence-corrected chi connectivity index (χ4v) is 5.08. The van der Waals surface area contributed by atoms with E-state index in [1.54, 1.807) is 12.4 Å². The van der Waals surface area contributed by atoms with Gasteiger partial charge in [0.25, 0.3) is 5.91 Å². The summed E-state index contributed by atoms with van der Waals surface area (Å²) in [6.07, 6.45) is 9.48. The monoisotopic (exact) mass is 441 g/mol. The van der Waals surface area contributed by atoms with Crippen LogP contribution in [0, 0.1) is 6.92 Å². The van der Waals surface area contributed by atoms with Crippen molar-refractivity contribution >= 4 is 11.7 Å². The molecule has 1 atom stereocenters. The Morgan fingerprint density at radius 2 is 1.91 bits per heavy atom. The number of likely N-dealkylation sites (tertiary alicyclic amines) is 1. The highest BCUT2D eigenvalue weighted by molar-refractivity contribution is 5.94.